The number of unbranched alkanes of at least 4 members (excludes halogenated alkanes) is 3. The number of nitrogens with one attached hydrogen (secondary N) is 1. The second-order valence-electron chi connectivity index (χ2n) is 6.92. The SMILES string of the molecule is C=CCN(C)CCCCCCNc1ccc(C(=O)c2ccc(Br)cc2)cc1F. The smallest absolute Gasteiger partial charge is 0.193 e. The van der Waals surface area contributed by atoms with Crippen molar-refractivity contribution in [1.29, 1.82) is 0 Å². The summed E-state index contributed by atoms with van der Waals surface area (Å²) < 4.78 is 15.2. The molecule has 0 unspecified atom stereocenters. The van der Waals surface area contributed by atoms with Crippen molar-refractivity contribution in [3.8, 4) is 0 Å². The average molecular weight is 447 g/mol. The van der Waals surface area contributed by atoms with Gasteiger partial charge in [0.15, 0.2) is 5.78 Å². The van der Waals surface area contributed by atoms with Gasteiger partial charge in [-0.2, -0.15) is 0 Å². The highest BCUT2D eigenvalue weighted by molar-refractivity contribution is 9.10. The molecule has 0 aliphatic heterocycles. The van der Waals surface area contributed by atoms with E-state index >= 15 is 0 Å². The third-order valence-corrected chi connectivity index (χ3v) is 5.09. The first-order valence-corrected chi connectivity index (χ1v) is 10.4. The Morgan fingerprint density at radius 3 is 2.46 bits per heavy atom. The second kappa shape index (κ2) is 11.8. The second-order valence-corrected chi connectivity index (χ2v) is 7.84. The summed E-state index contributed by atoms with van der Waals surface area (Å²) in [4.78, 5) is 14.7. The van der Waals surface area contributed by atoms with E-state index in [9.17, 15) is 9.18 Å². The quantitative estimate of drug-likeness (QED) is 0.250. The number of halogens is 2. The predicted octanol–water partition coefficient (Wildman–Crippen LogP) is 5.91. The van der Waals surface area contributed by atoms with Crippen molar-refractivity contribution in [2.75, 3.05) is 32.0 Å². The van der Waals surface area contributed by atoms with E-state index in [1.165, 1.54) is 6.07 Å². The van der Waals surface area contributed by atoms with E-state index in [1.807, 2.05) is 6.08 Å². The first kappa shape index (κ1) is 22.3. The van der Waals surface area contributed by atoms with E-state index in [0.717, 1.165) is 49.8 Å². The Kier molecular flexibility index (Phi) is 9.38. The number of carbonyl (C=O) groups is 1. The number of ketones is 1. The maximum Gasteiger partial charge on any atom is 0.193 e. The molecule has 2 aromatic carbocycles. The molecule has 28 heavy (non-hydrogen) atoms. The molecule has 0 atom stereocenters. The Bertz CT molecular complexity index is 777. The van der Waals surface area contributed by atoms with Gasteiger partial charge in [-0.3, -0.25) is 4.79 Å². The number of hydrogen-bond donors (Lipinski definition) is 1. The third kappa shape index (κ3) is 7.21. The zero-order valence-electron chi connectivity index (χ0n) is 16.4. The zero-order chi connectivity index (χ0) is 20.4. The third-order valence-electron chi connectivity index (χ3n) is 4.56. The van der Waals surface area contributed by atoms with Gasteiger partial charge in [-0.15, -0.1) is 6.58 Å². The molecule has 0 saturated heterocycles. The molecule has 0 saturated carbocycles. The minimum absolute atomic E-state index is 0.181. The summed E-state index contributed by atoms with van der Waals surface area (Å²) >= 11 is 3.34. The lowest BCUT2D eigenvalue weighted by molar-refractivity contribution is 0.103. The number of benzene rings is 2. The predicted molar refractivity (Wildman–Crippen MR) is 119 cm³/mol. The van der Waals surface area contributed by atoms with Gasteiger partial charge in [-0.1, -0.05) is 34.8 Å². The van der Waals surface area contributed by atoms with Gasteiger partial charge in [0.05, 0.1) is 5.69 Å². The molecular formula is C23H28BrFN2O. The van der Waals surface area contributed by atoms with Gasteiger partial charge in [0.2, 0.25) is 0 Å². The maximum absolute atomic E-state index is 14.3. The molecular weight excluding hydrogens is 419 g/mol. The summed E-state index contributed by atoms with van der Waals surface area (Å²) in [7, 11) is 2.09. The van der Waals surface area contributed by atoms with Gasteiger partial charge in [0, 0.05) is 28.7 Å². The summed E-state index contributed by atoms with van der Waals surface area (Å²) in [6.07, 6.45) is 6.33. The molecule has 0 spiro atoms. The average Bonchev–Trinajstić information content (AvgIpc) is 2.68. The Morgan fingerprint density at radius 1 is 1.11 bits per heavy atom. The van der Waals surface area contributed by atoms with Crippen LogP contribution in [0.15, 0.2) is 59.6 Å². The first-order chi connectivity index (χ1) is 13.5. The highest BCUT2D eigenvalue weighted by Gasteiger charge is 2.12. The number of anilines is 1. The van der Waals surface area contributed by atoms with Crippen LogP contribution in [0.5, 0.6) is 0 Å². The van der Waals surface area contributed by atoms with Crippen molar-refractivity contribution in [2.24, 2.45) is 0 Å². The summed E-state index contributed by atoms with van der Waals surface area (Å²) in [6.45, 7) is 6.45. The standard InChI is InChI=1S/C23H28BrFN2O/c1-3-15-27(2)16-7-5-4-6-14-26-22-13-10-19(17-21(22)25)23(28)18-8-11-20(24)12-9-18/h3,8-13,17,26H,1,4-7,14-16H2,2H3. The van der Waals surface area contributed by atoms with Gasteiger partial charge in [0.25, 0.3) is 0 Å². The molecule has 150 valence electrons. The van der Waals surface area contributed by atoms with Crippen LogP contribution < -0.4 is 5.32 Å². The van der Waals surface area contributed by atoms with Crippen molar-refractivity contribution in [2.45, 2.75) is 25.7 Å². The van der Waals surface area contributed by atoms with Gasteiger partial charge in [-0.25, -0.2) is 4.39 Å². The molecule has 3 nitrogen and oxygen atoms in total. The van der Waals surface area contributed by atoms with E-state index in [0.29, 0.717) is 16.8 Å². The summed E-state index contributed by atoms with van der Waals surface area (Å²) in [5, 5.41) is 3.13. The number of carbonyl (C=O) groups excluding carboxylic acids is 1. The van der Waals surface area contributed by atoms with E-state index < -0.39 is 5.82 Å². The van der Waals surface area contributed by atoms with E-state index in [2.05, 4.69) is 39.8 Å². The molecule has 0 amide bonds. The Labute approximate surface area is 175 Å². The van der Waals surface area contributed by atoms with Crippen molar-refractivity contribution >= 4 is 27.4 Å². The van der Waals surface area contributed by atoms with Gasteiger partial charge >= 0.3 is 0 Å². The van der Waals surface area contributed by atoms with Crippen LogP contribution >= 0.6 is 15.9 Å². The van der Waals surface area contributed by atoms with Gasteiger partial charge < -0.3 is 10.2 Å². The fourth-order valence-electron chi connectivity index (χ4n) is 2.96. The molecule has 2 rings (SSSR count). The number of hydrogen-bond acceptors (Lipinski definition) is 3. The highest BCUT2D eigenvalue weighted by atomic mass is 79.9. The van der Waals surface area contributed by atoms with Crippen LogP contribution in [0.25, 0.3) is 0 Å². The van der Waals surface area contributed by atoms with E-state index in [4.69, 9.17) is 0 Å². The van der Waals surface area contributed by atoms with Crippen LogP contribution in [-0.2, 0) is 0 Å². The van der Waals surface area contributed by atoms with Gasteiger partial charge in [-0.05, 0) is 68.9 Å². The molecule has 0 aromatic heterocycles. The van der Waals surface area contributed by atoms with Crippen LogP contribution in [0.4, 0.5) is 10.1 Å². The Balaban J connectivity index is 1.76. The van der Waals surface area contributed by atoms with Crippen LogP contribution in [0, 0.1) is 5.82 Å². The monoisotopic (exact) mass is 446 g/mol. The lowest BCUT2D eigenvalue weighted by atomic mass is 10.0. The van der Waals surface area contributed by atoms with Crippen molar-refractivity contribution in [3.63, 3.8) is 0 Å². The molecule has 0 heterocycles. The summed E-state index contributed by atoms with van der Waals surface area (Å²) in [5.41, 5.74) is 1.34. The number of rotatable bonds is 12. The van der Waals surface area contributed by atoms with Crippen LogP contribution in [0.1, 0.15) is 41.6 Å². The summed E-state index contributed by atoms with van der Waals surface area (Å²) in [6, 6.07) is 11.7. The molecule has 5 heteroatoms. The molecule has 1 N–H and O–H groups in total. The molecule has 0 fully saturated rings. The molecule has 0 radical (unpaired) electrons. The fourth-order valence-corrected chi connectivity index (χ4v) is 3.23. The lowest BCUT2D eigenvalue weighted by Crippen LogP contribution is -2.19. The van der Waals surface area contributed by atoms with Gasteiger partial charge in [0.1, 0.15) is 5.82 Å². The molecule has 2 aromatic rings. The first-order valence-electron chi connectivity index (χ1n) is 9.64. The summed E-state index contributed by atoms with van der Waals surface area (Å²) in [5.74, 6) is -0.576. The minimum Gasteiger partial charge on any atom is -0.383 e. The van der Waals surface area contributed by atoms with Crippen molar-refractivity contribution in [3.05, 3.63) is 76.5 Å². The van der Waals surface area contributed by atoms with Crippen LogP contribution in [0.3, 0.4) is 0 Å². The lowest BCUT2D eigenvalue weighted by Gasteiger charge is -2.13. The number of likely N-dealkylation sites (N-methyl/N-ethyl adjacent to an activating group) is 1. The highest BCUT2D eigenvalue weighted by Crippen LogP contribution is 2.19. The minimum atomic E-state index is -0.394. The Hall–Kier alpha value is -1.98. The van der Waals surface area contributed by atoms with Crippen molar-refractivity contribution in [1.82, 2.24) is 4.90 Å². The normalized spacial score (nSPS) is 10.9. The van der Waals surface area contributed by atoms with Crippen LogP contribution in [0.2, 0.25) is 0 Å². The topological polar surface area (TPSA) is 32.3 Å². The van der Waals surface area contributed by atoms with Crippen molar-refractivity contribution < 1.29 is 9.18 Å². The van der Waals surface area contributed by atoms with E-state index in [1.54, 1.807) is 36.4 Å². The largest absolute Gasteiger partial charge is 0.383 e. The van der Waals surface area contributed by atoms with E-state index in [-0.39, 0.29) is 5.78 Å². The van der Waals surface area contributed by atoms with Crippen LogP contribution in [-0.4, -0.2) is 37.4 Å². The maximum atomic E-state index is 14.3. The zero-order valence-corrected chi connectivity index (χ0v) is 18.0. The number of nitrogens with zero attached hydrogens (tertiary/aromatic N) is 1. The molecule has 0 bridgehead atoms. The fraction of sp³-hybridized carbons (Fsp3) is 0.348. The Morgan fingerprint density at radius 2 is 1.79 bits per heavy atom. The molecule has 0 aliphatic carbocycles. The molecule has 0 aliphatic rings.